The summed E-state index contributed by atoms with van der Waals surface area (Å²) in [6.45, 7) is 3.18. The Balaban J connectivity index is 2.05. The van der Waals surface area contributed by atoms with E-state index in [1.54, 1.807) is 0 Å². The number of rotatable bonds is 1. The second kappa shape index (κ2) is 4.97. The molecule has 2 heterocycles. The van der Waals surface area contributed by atoms with E-state index in [9.17, 15) is 4.79 Å². The van der Waals surface area contributed by atoms with Crippen molar-refractivity contribution in [3.63, 3.8) is 0 Å². The fraction of sp³-hybridized carbons (Fsp3) is 0.333. The van der Waals surface area contributed by atoms with Gasteiger partial charge in [0.25, 0.3) is 5.91 Å². The summed E-state index contributed by atoms with van der Waals surface area (Å²) in [4.78, 5) is 22.4. The Kier molecular flexibility index (Phi) is 3.17. The molecule has 0 bridgehead atoms. The third-order valence-corrected chi connectivity index (χ3v) is 3.30. The van der Waals surface area contributed by atoms with Gasteiger partial charge in [-0.05, 0) is 31.9 Å². The van der Waals surface area contributed by atoms with Crippen LogP contribution in [0.4, 0.5) is 0 Å². The highest BCUT2D eigenvalue weighted by molar-refractivity contribution is 6.05. The fourth-order valence-corrected chi connectivity index (χ4v) is 2.38. The first kappa shape index (κ1) is 12.1. The average molecular weight is 256 g/mol. The minimum atomic E-state index is -0.0681. The van der Waals surface area contributed by atoms with Crippen LogP contribution in [0.15, 0.2) is 30.3 Å². The summed E-state index contributed by atoms with van der Waals surface area (Å²) in [6, 6.07) is 9.55. The van der Waals surface area contributed by atoms with Gasteiger partial charge in [-0.25, -0.2) is 5.06 Å². The van der Waals surface area contributed by atoms with Crippen molar-refractivity contribution in [2.75, 3.05) is 13.2 Å². The summed E-state index contributed by atoms with van der Waals surface area (Å²) in [5.41, 5.74) is 2.37. The first-order valence-electron chi connectivity index (χ1n) is 6.57. The average Bonchev–Trinajstić information content (AvgIpc) is 2.46. The Morgan fingerprint density at radius 2 is 2.16 bits per heavy atom. The molecular formula is C15H16N2O2. The molecule has 0 saturated carbocycles. The van der Waals surface area contributed by atoms with Gasteiger partial charge in [-0.15, -0.1) is 0 Å². The molecule has 0 N–H and O–H groups in total. The van der Waals surface area contributed by atoms with Crippen molar-refractivity contribution < 1.29 is 9.63 Å². The smallest absolute Gasteiger partial charge is 0.271 e. The van der Waals surface area contributed by atoms with Crippen molar-refractivity contribution in [3.05, 3.63) is 41.6 Å². The molecule has 0 atom stereocenters. The number of para-hydroxylation sites is 1. The standard InChI is InChI=1S/C15H16N2O2/c1-11-10-13(12-6-2-3-7-14(12)16-11)15(18)17-8-4-5-9-19-17/h2-3,6-7,10H,4-5,8-9H2,1H3. The van der Waals surface area contributed by atoms with E-state index >= 15 is 0 Å². The van der Waals surface area contributed by atoms with E-state index < -0.39 is 0 Å². The largest absolute Gasteiger partial charge is 0.278 e. The first-order chi connectivity index (χ1) is 9.25. The number of carbonyl (C=O) groups excluding carboxylic acids is 1. The highest BCUT2D eigenvalue weighted by Crippen LogP contribution is 2.21. The zero-order valence-electron chi connectivity index (χ0n) is 10.9. The van der Waals surface area contributed by atoms with E-state index in [2.05, 4.69) is 4.98 Å². The van der Waals surface area contributed by atoms with E-state index in [0.29, 0.717) is 18.7 Å². The van der Waals surface area contributed by atoms with Gasteiger partial charge in [0.2, 0.25) is 0 Å². The minimum absolute atomic E-state index is 0.0681. The lowest BCUT2D eigenvalue weighted by Crippen LogP contribution is -2.35. The molecule has 4 heteroatoms. The lowest BCUT2D eigenvalue weighted by Gasteiger charge is -2.26. The van der Waals surface area contributed by atoms with Crippen LogP contribution in [-0.2, 0) is 4.84 Å². The van der Waals surface area contributed by atoms with Crippen molar-refractivity contribution in [1.82, 2.24) is 10.0 Å². The maximum absolute atomic E-state index is 12.5. The maximum atomic E-state index is 12.5. The Labute approximate surface area is 112 Å². The summed E-state index contributed by atoms with van der Waals surface area (Å²) < 4.78 is 0. The molecule has 1 aliphatic heterocycles. The molecule has 3 rings (SSSR count). The van der Waals surface area contributed by atoms with Crippen LogP contribution in [0.1, 0.15) is 28.9 Å². The molecule has 1 amide bonds. The lowest BCUT2D eigenvalue weighted by molar-refractivity contribution is -0.144. The molecule has 4 nitrogen and oxygen atoms in total. The number of pyridine rings is 1. The van der Waals surface area contributed by atoms with Gasteiger partial charge in [0, 0.05) is 17.6 Å². The molecule has 0 aliphatic carbocycles. The molecule has 98 valence electrons. The highest BCUT2D eigenvalue weighted by Gasteiger charge is 2.21. The number of aryl methyl sites for hydroxylation is 1. The molecule has 1 saturated heterocycles. The van der Waals surface area contributed by atoms with Crippen molar-refractivity contribution in [2.45, 2.75) is 19.8 Å². The van der Waals surface area contributed by atoms with Crippen molar-refractivity contribution >= 4 is 16.8 Å². The Morgan fingerprint density at radius 3 is 2.95 bits per heavy atom. The van der Waals surface area contributed by atoms with E-state index in [1.807, 2.05) is 37.3 Å². The number of hydrogen-bond acceptors (Lipinski definition) is 3. The highest BCUT2D eigenvalue weighted by atomic mass is 16.7. The summed E-state index contributed by atoms with van der Waals surface area (Å²) in [5.74, 6) is -0.0681. The molecule has 0 radical (unpaired) electrons. The van der Waals surface area contributed by atoms with Crippen LogP contribution in [-0.4, -0.2) is 29.1 Å². The summed E-state index contributed by atoms with van der Waals surface area (Å²) >= 11 is 0. The minimum Gasteiger partial charge on any atom is -0.271 e. The summed E-state index contributed by atoms with van der Waals surface area (Å²) in [7, 11) is 0. The van der Waals surface area contributed by atoms with Crippen LogP contribution in [0.25, 0.3) is 10.9 Å². The van der Waals surface area contributed by atoms with Crippen molar-refractivity contribution in [1.29, 1.82) is 0 Å². The number of hydrogen-bond donors (Lipinski definition) is 0. The molecule has 1 aromatic carbocycles. The van der Waals surface area contributed by atoms with Gasteiger partial charge in [0.1, 0.15) is 0 Å². The number of hydroxylamine groups is 2. The predicted octanol–water partition coefficient (Wildman–Crippen LogP) is 2.71. The van der Waals surface area contributed by atoms with Gasteiger partial charge in [0.05, 0.1) is 17.7 Å². The monoisotopic (exact) mass is 256 g/mol. The number of aromatic nitrogens is 1. The number of nitrogens with zero attached hydrogens (tertiary/aromatic N) is 2. The molecule has 1 fully saturated rings. The normalized spacial score (nSPS) is 15.7. The van der Waals surface area contributed by atoms with Crippen LogP contribution in [0.5, 0.6) is 0 Å². The topological polar surface area (TPSA) is 42.4 Å². The van der Waals surface area contributed by atoms with E-state index in [4.69, 9.17) is 4.84 Å². The summed E-state index contributed by atoms with van der Waals surface area (Å²) in [5, 5.41) is 2.36. The third-order valence-electron chi connectivity index (χ3n) is 3.30. The van der Waals surface area contributed by atoms with Gasteiger partial charge in [0.15, 0.2) is 0 Å². The zero-order valence-corrected chi connectivity index (χ0v) is 10.9. The van der Waals surface area contributed by atoms with Gasteiger partial charge in [-0.1, -0.05) is 18.2 Å². The third kappa shape index (κ3) is 2.31. The molecule has 0 unspecified atom stereocenters. The van der Waals surface area contributed by atoms with Crippen molar-refractivity contribution in [3.8, 4) is 0 Å². The number of amides is 1. The van der Waals surface area contributed by atoms with Crippen LogP contribution >= 0.6 is 0 Å². The Bertz CT molecular complexity index is 619. The Morgan fingerprint density at radius 1 is 1.32 bits per heavy atom. The lowest BCUT2D eigenvalue weighted by atomic mass is 10.1. The van der Waals surface area contributed by atoms with Crippen LogP contribution in [0.2, 0.25) is 0 Å². The maximum Gasteiger partial charge on any atom is 0.278 e. The van der Waals surface area contributed by atoms with Gasteiger partial charge in [-0.2, -0.15) is 0 Å². The van der Waals surface area contributed by atoms with Gasteiger partial charge >= 0.3 is 0 Å². The first-order valence-corrected chi connectivity index (χ1v) is 6.57. The van der Waals surface area contributed by atoms with Crippen LogP contribution < -0.4 is 0 Å². The molecule has 2 aromatic rings. The van der Waals surface area contributed by atoms with E-state index in [0.717, 1.165) is 29.4 Å². The SMILES string of the molecule is Cc1cc(C(=O)N2CCCCO2)c2ccccc2n1. The van der Waals surface area contributed by atoms with Crippen LogP contribution in [0, 0.1) is 6.92 Å². The van der Waals surface area contributed by atoms with Crippen molar-refractivity contribution in [2.24, 2.45) is 0 Å². The zero-order chi connectivity index (χ0) is 13.2. The predicted molar refractivity (Wildman–Crippen MR) is 72.7 cm³/mol. The fourth-order valence-electron chi connectivity index (χ4n) is 2.38. The van der Waals surface area contributed by atoms with Gasteiger partial charge in [-0.3, -0.25) is 14.6 Å². The van der Waals surface area contributed by atoms with E-state index in [-0.39, 0.29) is 5.91 Å². The summed E-state index contributed by atoms with van der Waals surface area (Å²) in [6.07, 6.45) is 2.01. The number of benzene rings is 1. The van der Waals surface area contributed by atoms with Gasteiger partial charge < -0.3 is 0 Å². The Hall–Kier alpha value is -1.94. The quantitative estimate of drug-likeness (QED) is 0.787. The second-order valence-corrected chi connectivity index (χ2v) is 4.78. The molecule has 1 aliphatic rings. The van der Waals surface area contributed by atoms with E-state index in [1.165, 1.54) is 5.06 Å². The number of carbonyl (C=O) groups is 1. The molecular weight excluding hydrogens is 240 g/mol. The number of fused-ring (bicyclic) bond motifs is 1. The van der Waals surface area contributed by atoms with Crippen LogP contribution in [0.3, 0.4) is 0 Å². The second-order valence-electron chi connectivity index (χ2n) is 4.78. The molecule has 1 aromatic heterocycles. The molecule has 0 spiro atoms. The molecule has 19 heavy (non-hydrogen) atoms.